The molecule has 0 atom stereocenters. The van der Waals surface area contributed by atoms with Gasteiger partial charge >= 0.3 is 5.97 Å². The number of nitrogens with one attached hydrogen (secondary N) is 1. The predicted molar refractivity (Wildman–Crippen MR) is 52.3 cm³/mol. The van der Waals surface area contributed by atoms with Crippen molar-refractivity contribution in [3.8, 4) is 0 Å². The Balaban J connectivity index is 2.79. The van der Waals surface area contributed by atoms with Crippen molar-refractivity contribution >= 4 is 5.97 Å². The smallest absolute Gasteiger partial charge is 0.354 e. The van der Waals surface area contributed by atoms with E-state index >= 15 is 0 Å². The van der Waals surface area contributed by atoms with E-state index in [0.717, 1.165) is 0 Å². The minimum atomic E-state index is -1.07. The summed E-state index contributed by atoms with van der Waals surface area (Å²) in [5.41, 5.74) is 0.481. The van der Waals surface area contributed by atoms with E-state index in [-0.39, 0.29) is 12.2 Å². The SMILES string of the molecule is CNC/C(=C\F)Cn1nccc1C(=O)O. The van der Waals surface area contributed by atoms with E-state index in [1.54, 1.807) is 7.05 Å². The van der Waals surface area contributed by atoms with Gasteiger partial charge in [-0.2, -0.15) is 5.10 Å². The first-order valence-electron chi connectivity index (χ1n) is 4.37. The number of likely N-dealkylation sites (N-methyl/N-ethyl adjacent to an activating group) is 1. The lowest BCUT2D eigenvalue weighted by atomic mass is 10.3. The molecule has 0 aliphatic carbocycles. The monoisotopic (exact) mass is 213 g/mol. The maximum Gasteiger partial charge on any atom is 0.354 e. The molecule has 82 valence electrons. The van der Waals surface area contributed by atoms with Crippen LogP contribution in [0.15, 0.2) is 24.2 Å². The van der Waals surface area contributed by atoms with Crippen molar-refractivity contribution in [2.75, 3.05) is 13.6 Å². The third-order valence-corrected chi connectivity index (χ3v) is 1.85. The average Bonchev–Trinajstić information content (AvgIpc) is 2.65. The number of carboxylic acids is 1. The highest BCUT2D eigenvalue weighted by Gasteiger charge is 2.10. The lowest BCUT2D eigenvalue weighted by molar-refractivity contribution is 0.0684. The normalized spacial score (nSPS) is 11.7. The van der Waals surface area contributed by atoms with Gasteiger partial charge < -0.3 is 10.4 Å². The third-order valence-electron chi connectivity index (χ3n) is 1.85. The molecule has 0 aromatic carbocycles. The van der Waals surface area contributed by atoms with Crippen molar-refractivity contribution in [1.29, 1.82) is 0 Å². The van der Waals surface area contributed by atoms with Crippen LogP contribution in [-0.4, -0.2) is 34.4 Å². The maximum atomic E-state index is 12.4. The second-order valence-corrected chi connectivity index (χ2v) is 2.98. The molecule has 1 aromatic heterocycles. The van der Waals surface area contributed by atoms with Crippen molar-refractivity contribution in [3.05, 3.63) is 29.9 Å². The molecule has 0 radical (unpaired) electrons. The summed E-state index contributed by atoms with van der Waals surface area (Å²) in [6.45, 7) is 0.487. The predicted octanol–water partition coefficient (Wildman–Crippen LogP) is 0.654. The molecule has 0 bridgehead atoms. The van der Waals surface area contributed by atoms with Crippen LogP contribution in [0.4, 0.5) is 4.39 Å². The Hall–Kier alpha value is -1.69. The minimum absolute atomic E-state index is 0.0467. The molecular formula is C9H12FN3O2. The van der Waals surface area contributed by atoms with Gasteiger partial charge in [0.05, 0.1) is 12.9 Å². The summed E-state index contributed by atoms with van der Waals surface area (Å²) in [5.74, 6) is -1.07. The molecule has 6 heteroatoms. The van der Waals surface area contributed by atoms with Gasteiger partial charge in [0.2, 0.25) is 0 Å². The molecule has 2 N–H and O–H groups in total. The van der Waals surface area contributed by atoms with E-state index in [1.165, 1.54) is 16.9 Å². The van der Waals surface area contributed by atoms with Crippen LogP contribution < -0.4 is 5.32 Å². The number of hydrogen-bond donors (Lipinski definition) is 2. The number of carbonyl (C=O) groups is 1. The number of aromatic nitrogens is 2. The Morgan fingerprint density at radius 3 is 3.07 bits per heavy atom. The van der Waals surface area contributed by atoms with E-state index in [4.69, 9.17) is 5.11 Å². The molecule has 0 saturated heterocycles. The second kappa shape index (κ2) is 5.26. The van der Waals surface area contributed by atoms with Gasteiger partial charge in [-0.3, -0.25) is 4.68 Å². The van der Waals surface area contributed by atoms with Gasteiger partial charge in [-0.1, -0.05) is 0 Å². The zero-order valence-corrected chi connectivity index (χ0v) is 8.27. The number of nitrogens with zero attached hydrogens (tertiary/aromatic N) is 2. The summed E-state index contributed by atoms with van der Waals surface area (Å²) in [6, 6.07) is 1.37. The first kappa shape index (κ1) is 11.4. The Kier molecular flexibility index (Phi) is 3.99. The third kappa shape index (κ3) is 2.88. The number of carboxylic acid groups (broad SMARTS) is 1. The summed E-state index contributed by atoms with van der Waals surface area (Å²) in [4.78, 5) is 10.7. The van der Waals surface area contributed by atoms with Crippen LogP contribution in [0.25, 0.3) is 0 Å². The summed E-state index contributed by atoms with van der Waals surface area (Å²) in [7, 11) is 1.69. The Bertz CT molecular complexity index is 373. The molecule has 1 heterocycles. The van der Waals surface area contributed by atoms with Crippen LogP contribution in [0.5, 0.6) is 0 Å². The fraction of sp³-hybridized carbons (Fsp3) is 0.333. The summed E-state index contributed by atoms with van der Waals surface area (Å²) < 4.78 is 13.6. The topological polar surface area (TPSA) is 67.2 Å². The lowest BCUT2D eigenvalue weighted by Gasteiger charge is -2.06. The van der Waals surface area contributed by atoms with Crippen molar-refractivity contribution in [2.24, 2.45) is 0 Å². The molecule has 0 spiro atoms. The summed E-state index contributed by atoms with van der Waals surface area (Å²) >= 11 is 0. The molecule has 15 heavy (non-hydrogen) atoms. The summed E-state index contributed by atoms with van der Waals surface area (Å²) in [5, 5.41) is 15.4. The van der Waals surface area contributed by atoms with Crippen LogP contribution in [0, 0.1) is 0 Å². The van der Waals surface area contributed by atoms with Gasteiger partial charge in [0.25, 0.3) is 0 Å². The molecule has 0 fully saturated rings. The molecule has 0 aliphatic heterocycles. The molecule has 1 aromatic rings. The highest BCUT2D eigenvalue weighted by Crippen LogP contribution is 2.04. The zero-order chi connectivity index (χ0) is 11.3. The molecule has 5 nitrogen and oxygen atoms in total. The number of halogens is 1. The van der Waals surface area contributed by atoms with Gasteiger partial charge in [-0.15, -0.1) is 0 Å². The Morgan fingerprint density at radius 2 is 2.53 bits per heavy atom. The Labute approximate surface area is 86.2 Å². The van der Waals surface area contributed by atoms with Crippen molar-refractivity contribution < 1.29 is 14.3 Å². The van der Waals surface area contributed by atoms with Gasteiger partial charge in [0.1, 0.15) is 5.69 Å². The number of aromatic carboxylic acids is 1. The fourth-order valence-electron chi connectivity index (χ4n) is 1.19. The quantitative estimate of drug-likeness (QED) is 0.753. The molecule has 1 rings (SSSR count). The first-order chi connectivity index (χ1) is 7.19. The highest BCUT2D eigenvalue weighted by atomic mass is 19.1. The summed E-state index contributed by atoms with van der Waals surface area (Å²) in [6.07, 6.45) is 1.84. The lowest BCUT2D eigenvalue weighted by Crippen LogP contribution is -2.17. The van der Waals surface area contributed by atoms with Gasteiger partial charge in [-0.05, 0) is 18.7 Å². The van der Waals surface area contributed by atoms with Gasteiger partial charge in [0, 0.05) is 12.7 Å². The van der Waals surface area contributed by atoms with E-state index in [1.807, 2.05) is 0 Å². The Morgan fingerprint density at radius 1 is 1.80 bits per heavy atom. The standard InChI is InChI=1S/C9H12FN3O2/c1-11-5-7(4-10)6-13-8(9(14)15)2-3-12-13/h2-4,11H,5-6H2,1H3,(H,14,15)/b7-4+. The van der Waals surface area contributed by atoms with Crippen molar-refractivity contribution in [1.82, 2.24) is 15.1 Å². The number of rotatable bonds is 5. The maximum absolute atomic E-state index is 12.4. The molecule has 0 unspecified atom stereocenters. The van der Waals surface area contributed by atoms with Gasteiger partial charge in [0.15, 0.2) is 0 Å². The van der Waals surface area contributed by atoms with Crippen LogP contribution in [0.2, 0.25) is 0 Å². The second-order valence-electron chi connectivity index (χ2n) is 2.98. The highest BCUT2D eigenvalue weighted by molar-refractivity contribution is 5.85. The minimum Gasteiger partial charge on any atom is -0.477 e. The van der Waals surface area contributed by atoms with E-state index in [9.17, 15) is 9.18 Å². The first-order valence-corrected chi connectivity index (χ1v) is 4.37. The molecular weight excluding hydrogens is 201 g/mol. The largest absolute Gasteiger partial charge is 0.477 e. The zero-order valence-electron chi connectivity index (χ0n) is 8.27. The van der Waals surface area contributed by atoms with E-state index < -0.39 is 5.97 Å². The van der Waals surface area contributed by atoms with E-state index in [0.29, 0.717) is 18.4 Å². The molecule has 0 aliphatic rings. The van der Waals surface area contributed by atoms with Crippen molar-refractivity contribution in [2.45, 2.75) is 6.54 Å². The van der Waals surface area contributed by atoms with Crippen LogP contribution in [0.3, 0.4) is 0 Å². The van der Waals surface area contributed by atoms with E-state index in [2.05, 4.69) is 10.4 Å². The fourth-order valence-corrected chi connectivity index (χ4v) is 1.19. The number of hydrogen-bond acceptors (Lipinski definition) is 3. The van der Waals surface area contributed by atoms with Crippen LogP contribution >= 0.6 is 0 Å². The van der Waals surface area contributed by atoms with Crippen molar-refractivity contribution in [3.63, 3.8) is 0 Å². The van der Waals surface area contributed by atoms with Crippen LogP contribution in [-0.2, 0) is 6.54 Å². The van der Waals surface area contributed by atoms with Gasteiger partial charge in [-0.25, -0.2) is 9.18 Å². The molecule has 0 amide bonds. The van der Waals surface area contributed by atoms with Crippen LogP contribution in [0.1, 0.15) is 10.5 Å². The average molecular weight is 213 g/mol. The molecule has 0 saturated carbocycles.